The number of rotatable bonds is 8. The molecule has 2 aromatic carbocycles. The molecule has 8 nitrogen and oxygen atoms in total. The van der Waals surface area contributed by atoms with Crippen molar-refractivity contribution in [2.45, 2.75) is 17.9 Å². The van der Waals surface area contributed by atoms with E-state index < -0.39 is 17.6 Å². The molecule has 0 spiro atoms. The Bertz CT molecular complexity index is 1260. The highest BCUT2D eigenvalue weighted by atomic mass is 32.2. The normalized spacial score (nSPS) is 11.7. The molecule has 12 heteroatoms. The number of amides is 1. The molecule has 34 heavy (non-hydrogen) atoms. The van der Waals surface area contributed by atoms with Crippen LogP contribution in [0, 0.1) is 0 Å². The number of hydrogen-bond donors (Lipinski definition) is 0. The molecule has 0 fully saturated rings. The number of hydrogen-bond acceptors (Lipinski definition) is 7. The molecule has 0 bridgehead atoms. The topological polar surface area (TPSA) is 89.4 Å². The molecule has 2 aromatic heterocycles. The number of tetrazole rings is 1. The first-order valence-corrected chi connectivity index (χ1v) is 10.9. The van der Waals surface area contributed by atoms with E-state index in [1.807, 2.05) is 6.07 Å². The predicted octanol–water partition coefficient (Wildman–Crippen LogP) is 4.49. The van der Waals surface area contributed by atoms with Crippen molar-refractivity contribution in [3.05, 3.63) is 89.9 Å². The molecular weight excluding hydrogens is 469 g/mol. The third-order valence-corrected chi connectivity index (χ3v) is 5.43. The molecule has 1 amide bonds. The number of aromatic nitrogens is 4. The summed E-state index contributed by atoms with van der Waals surface area (Å²) < 4.78 is 46.5. The fourth-order valence-corrected chi connectivity index (χ4v) is 3.61. The van der Waals surface area contributed by atoms with E-state index in [2.05, 4.69) is 20.6 Å². The van der Waals surface area contributed by atoms with Crippen molar-refractivity contribution in [2.24, 2.45) is 5.10 Å². The van der Waals surface area contributed by atoms with Gasteiger partial charge in [-0.25, -0.2) is 9.69 Å². The summed E-state index contributed by atoms with van der Waals surface area (Å²) >= 11 is 1.04. The third-order valence-electron chi connectivity index (χ3n) is 4.49. The van der Waals surface area contributed by atoms with Gasteiger partial charge in [-0.05, 0) is 46.3 Å². The molecule has 0 N–H and O–H groups in total. The quantitative estimate of drug-likeness (QED) is 0.207. The maximum absolute atomic E-state index is 13.2. The van der Waals surface area contributed by atoms with Crippen LogP contribution in [-0.2, 0) is 17.5 Å². The number of carbonyl (C=O) groups is 1. The molecule has 0 atom stereocenters. The molecule has 0 saturated heterocycles. The molecule has 0 aliphatic rings. The minimum atomic E-state index is -4.56. The van der Waals surface area contributed by atoms with E-state index in [-0.39, 0.29) is 18.0 Å². The molecule has 0 unspecified atom stereocenters. The lowest BCUT2D eigenvalue weighted by Gasteiger charge is -2.18. The highest BCUT2D eigenvalue weighted by Crippen LogP contribution is 2.32. The second-order valence-electron chi connectivity index (χ2n) is 6.90. The Labute approximate surface area is 196 Å². The lowest BCUT2D eigenvalue weighted by molar-refractivity contribution is -0.137. The van der Waals surface area contributed by atoms with Gasteiger partial charge >= 0.3 is 6.18 Å². The SMILES string of the molecule is O=C(CSc1nnnn1Cc1ccco1)N(/N=C/c1ccccc1)c1cccc(C(F)(F)F)c1. The number of nitrogens with zero attached hydrogens (tertiary/aromatic N) is 6. The van der Waals surface area contributed by atoms with E-state index in [1.54, 1.807) is 36.4 Å². The lowest BCUT2D eigenvalue weighted by atomic mass is 10.2. The second kappa shape index (κ2) is 10.3. The molecule has 4 aromatic rings. The van der Waals surface area contributed by atoms with Gasteiger partial charge in [0.15, 0.2) is 0 Å². The van der Waals surface area contributed by atoms with Crippen molar-refractivity contribution in [1.82, 2.24) is 20.2 Å². The molecule has 0 aliphatic heterocycles. The van der Waals surface area contributed by atoms with Crippen molar-refractivity contribution in [2.75, 3.05) is 10.8 Å². The van der Waals surface area contributed by atoms with Gasteiger partial charge in [0.1, 0.15) is 12.3 Å². The van der Waals surface area contributed by atoms with Crippen LogP contribution in [0.15, 0.2) is 87.7 Å². The number of thioether (sulfide) groups is 1. The van der Waals surface area contributed by atoms with Crippen molar-refractivity contribution in [3.63, 3.8) is 0 Å². The van der Waals surface area contributed by atoms with Gasteiger partial charge in [0, 0.05) is 0 Å². The van der Waals surface area contributed by atoms with Gasteiger partial charge in [-0.2, -0.15) is 18.3 Å². The van der Waals surface area contributed by atoms with Crippen molar-refractivity contribution in [3.8, 4) is 0 Å². The minimum absolute atomic E-state index is 0.0113. The number of hydrazone groups is 1. The van der Waals surface area contributed by atoms with Crippen LogP contribution < -0.4 is 5.01 Å². The van der Waals surface area contributed by atoms with E-state index >= 15 is 0 Å². The zero-order chi connectivity index (χ0) is 24.0. The lowest BCUT2D eigenvalue weighted by Crippen LogP contribution is -2.28. The highest BCUT2D eigenvalue weighted by Gasteiger charge is 2.31. The first-order chi connectivity index (χ1) is 16.4. The molecular formula is C22H17F3N6O2S. The van der Waals surface area contributed by atoms with E-state index in [1.165, 1.54) is 29.3 Å². The van der Waals surface area contributed by atoms with Crippen LogP contribution in [0.4, 0.5) is 18.9 Å². The molecule has 4 rings (SSSR count). The van der Waals surface area contributed by atoms with Crippen molar-refractivity contribution < 1.29 is 22.4 Å². The number of furan rings is 1. The van der Waals surface area contributed by atoms with Gasteiger partial charge in [0.25, 0.3) is 5.91 Å². The average Bonchev–Trinajstić information content (AvgIpc) is 3.51. The third kappa shape index (κ3) is 5.90. The Balaban J connectivity index is 1.55. The fourth-order valence-electron chi connectivity index (χ4n) is 2.89. The van der Waals surface area contributed by atoms with Crippen LogP contribution in [0.3, 0.4) is 0 Å². The Morgan fingerprint density at radius 2 is 1.94 bits per heavy atom. The van der Waals surface area contributed by atoms with Gasteiger partial charge < -0.3 is 4.42 Å². The van der Waals surface area contributed by atoms with E-state index in [0.29, 0.717) is 16.5 Å². The Hall–Kier alpha value is -3.93. The first kappa shape index (κ1) is 23.2. The largest absolute Gasteiger partial charge is 0.467 e. The zero-order valence-electron chi connectivity index (χ0n) is 17.5. The van der Waals surface area contributed by atoms with Crippen LogP contribution in [0.25, 0.3) is 0 Å². The first-order valence-electron chi connectivity index (χ1n) is 9.91. The standard InChI is InChI=1S/C22H17F3N6O2S/c23-22(24,25)17-8-4-9-18(12-17)31(26-13-16-6-2-1-3-7-16)20(32)15-34-21-27-28-29-30(21)14-19-10-5-11-33-19/h1-13H,14-15H2/b26-13+. The maximum atomic E-state index is 13.2. The van der Waals surface area contributed by atoms with Gasteiger partial charge in [0.05, 0.1) is 29.5 Å². The maximum Gasteiger partial charge on any atom is 0.416 e. The summed E-state index contributed by atoms with van der Waals surface area (Å²) in [4.78, 5) is 13.1. The predicted molar refractivity (Wildman–Crippen MR) is 119 cm³/mol. The van der Waals surface area contributed by atoms with Gasteiger partial charge in [-0.15, -0.1) is 5.10 Å². The van der Waals surface area contributed by atoms with Crippen LogP contribution in [-0.4, -0.2) is 38.1 Å². The Morgan fingerprint density at radius 1 is 1.12 bits per heavy atom. The average molecular weight is 486 g/mol. The van der Waals surface area contributed by atoms with E-state index in [0.717, 1.165) is 28.9 Å². The minimum Gasteiger partial charge on any atom is -0.467 e. The molecule has 0 aliphatic carbocycles. The highest BCUT2D eigenvalue weighted by molar-refractivity contribution is 7.99. The Morgan fingerprint density at radius 3 is 2.68 bits per heavy atom. The summed E-state index contributed by atoms with van der Waals surface area (Å²) in [5, 5.41) is 16.9. The number of halogens is 3. The number of anilines is 1. The summed E-state index contributed by atoms with van der Waals surface area (Å²) in [6.45, 7) is 0.264. The van der Waals surface area contributed by atoms with Crippen molar-refractivity contribution in [1.29, 1.82) is 0 Å². The molecule has 0 saturated carbocycles. The summed E-state index contributed by atoms with van der Waals surface area (Å²) in [5.74, 6) is -0.0939. The smallest absolute Gasteiger partial charge is 0.416 e. The monoisotopic (exact) mass is 486 g/mol. The summed E-state index contributed by atoms with van der Waals surface area (Å²) in [6.07, 6.45) is -1.63. The second-order valence-corrected chi connectivity index (χ2v) is 7.84. The summed E-state index contributed by atoms with van der Waals surface area (Å²) in [6, 6.07) is 16.8. The fraction of sp³-hybridized carbons (Fsp3) is 0.136. The Kier molecular flexibility index (Phi) is 7.07. The summed E-state index contributed by atoms with van der Waals surface area (Å²) in [5.41, 5.74) is -0.210. The number of alkyl halides is 3. The molecule has 174 valence electrons. The van der Waals surface area contributed by atoms with Crippen LogP contribution in [0.2, 0.25) is 0 Å². The van der Waals surface area contributed by atoms with Crippen LogP contribution >= 0.6 is 11.8 Å². The zero-order valence-corrected chi connectivity index (χ0v) is 18.3. The van der Waals surface area contributed by atoms with Gasteiger partial charge in [-0.1, -0.05) is 48.2 Å². The molecule has 2 heterocycles. The summed E-state index contributed by atoms with van der Waals surface area (Å²) in [7, 11) is 0. The van der Waals surface area contributed by atoms with Gasteiger partial charge in [0.2, 0.25) is 5.16 Å². The number of benzene rings is 2. The van der Waals surface area contributed by atoms with E-state index in [4.69, 9.17) is 4.42 Å². The van der Waals surface area contributed by atoms with Gasteiger partial charge in [-0.3, -0.25) is 4.79 Å². The molecule has 0 radical (unpaired) electrons. The number of carbonyl (C=O) groups excluding carboxylic acids is 1. The van der Waals surface area contributed by atoms with E-state index in [9.17, 15) is 18.0 Å². The van der Waals surface area contributed by atoms with Crippen molar-refractivity contribution >= 4 is 29.6 Å². The van der Waals surface area contributed by atoms with Crippen LogP contribution in [0.5, 0.6) is 0 Å². The van der Waals surface area contributed by atoms with Crippen LogP contribution in [0.1, 0.15) is 16.9 Å².